The number of rotatable bonds is 6. The van der Waals surface area contributed by atoms with Gasteiger partial charge < -0.3 is 20.0 Å². The fourth-order valence-electron chi connectivity index (χ4n) is 2.29. The minimum Gasteiger partial charge on any atom is -0.549 e. The van der Waals surface area contributed by atoms with E-state index in [0.717, 1.165) is 11.6 Å². The summed E-state index contributed by atoms with van der Waals surface area (Å²) in [5.74, 6) is -3.30. The van der Waals surface area contributed by atoms with Crippen molar-refractivity contribution in [1.29, 1.82) is 0 Å². The van der Waals surface area contributed by atoms with Gasteiger partial charge in [-0.15, -0.1) is 0 Å². The van der Waals surface area contributed by atoms with E-state index >= 15 is 0 Å². The van der Waals surface area contributed by atoms with Crippen LogP contribution in [0.25, 0.3) is 0 Å². The maximum atomic E-state index is 13.4. The summed E-state index contributed by atoms with van der Waals surface area (Å²) in [6.45, 7) is 1.88. The summed E-state index contributed by atoms with van der Waals surface area (Å²) in [5, 5.41) is 13.8. The van der Waals surface area contributed by atoms with Gasteiger partial charge in [0.25, 0.3) is 0 Å². The second-order valence-corrected chi connectivity index (χ2v) is 5.41. The fraction of sp³-hybridized carbons (Fsp3) is 0.222. The zero-order chi connectivity index (χ0) is 17.7. The molecule has 0 bridgehead atoms. The molecule has 1 unspecified atom stereocenters. The Bertz CT molecular complexity index is 749. The molecule has 0 spiro atoms. The summed E-state index contributed by atoms with van der Waals surface area (Å²) in [6.07, 6.45) is -0.315. The van der Waals surface area contributed by atoms with Crippen LogP contribution in [0.1, 0.15) is 23.5 Å². The standard InChI is InChI=1S/C18H18FNO4.Na/c1-11-3-5-12(6-4-11)16(18(22)23)10-17(21)20-14-7-13(19)8-15(9-14)24-2;/h3-9,16H,10H2,1-2H3,(H,20,21)(H,22,23);/q;+1/p-1. The van der Waals surface area contributed by atoms with Crippen LogP contribution in [-0.4, -0.2) is 19.0 Å². The van der Waals surface area contributed by atoms with Gasteiger partial charge in [-0.25, -0.2) is 4.39 Å². The molecule has 0 aliphatic heterocycles. The van der Waals surface area contributed by atoms with Gasteiger partial charge in [0.1, 0.15) is 11.6 Å². The van der Waals surface area contributed by atoms with Gasteiger partial charge in [0, 0.05) is 36.1 Å². The van der Waals surface area contributed by atoms with Crippen LogP contribution < -0.4 is 44.7 Å². The van der Waals surface area contributed by atoms with E-state index in [1.54, 1.807) is 24.3 Å². The molecule has 7 heteroatoms. The molecule has 0 aromatic heterocycles. The number of aliphatic carboxylic acids is 1. The Hall–Kier alpha value is -1.89. The van der Waals surface area contributed by atoms with Gasteiger partial charge >= 0.3 is 29.6 Å². The predicted molar refractivity (Wildman–Crippen MR) is 85.1 cm³/mol. The fourth-order valence-corrected chi connectivity index (χ4v) is 2.29. The van der Waals surface area contributed by atoms with Crippen LogP contribution in [0.3, 0.4) is 0 Å². The van der Waals surface area contributed by atoms with E-state index in [4.69, 9.17) is 4.74 Å². The number of carbonyl (C=O) groups excluding carboxylic acids is 2. The number of methoxy groups -OCH3 is 1. The number of nitrogens with one attached hydrogen (secondary N) is 1. The van der Waals surface area contributed by atoms with Crippen molar-refractivity contribution < 1.29 is 53.4 Å². The van der Waals surface area contributed by atoms with Crippen LogP contribution in [0.4, 0.5) is 10.1 Å². The molecule has 1 atom stereocenters. The number of carboxylic acid groups (broad SMARTS) is 1. The maximum Gasteiger partial charge on any atom is 1.00 e. The number of benzene rings is 2. The molecule has 2 aromatic rings. The van der Waals surface area contributed by atoms with Crippen molar-refractivity contribution in [2.75, 3.05) is 12.4 Å². The second kappa shape index (κ2) is 9.56. The molecule has 126 valence electrons. The molecular formula is C18H17FNNaO4. The Morgan fingerprint density at radius 2 is 1.84 bits per heavy atom. The number of aryl methyl sites for hydroxylation is 1. The van der Waals surface area contributed by atoms with Crippen LogP contribution >= 0.6 is 0 Å². The van der Waals surface area contributed by atoms with E-state index in [9.17, 15) is 19.1 Å². The molecule has 0 saturated heterocycles. The summed E-state index contributed by atoms with van der Waals surface area (Å²) in [6, 6.07) is 10.6. The quantitative estimate of drug-likeness (QED) is 0.677. The Morgan fingerprint density at radius 3 is 2.40 bits per heavy atom. The van der Waals surface area contributed by atoms with Gasteiger partial charge in [0.05, 0.1) is 7.11 Å². The summed E-state index contributed by atoms with van der Waals surface area (Å²) in [4.78, 5) is 23.5. The van der Waals surface area contributed by atoms with Crippen molar-refractivity contribution in [3.63, 3.8) is 0 Å². The summed E-state index contributed by atoms with van der Waals surface area (Å²) in [7, 11) is 1.38. The van der Waals surface area contributed by atoms with Crippen molar-refractivity contribution >= 4 is 17.6 Å². The molecule has 0 fully saturated rings. The van der Waals surface area contributed by atoms with Gasteiger partial charge in [-0.05, 0) is 18.6 Å². The maximum absolute atomic E-state index is 13.4. The van der Waals surface area contributed by atoms with Crippen LogP contribution in [0.2, 0.25) is 0 Å². The molecular weight excluding hydrogens is 336 g/mol. The second-order valence-electron chi connectivity index (χ2n) is 5.41. The van der Waals surface area contributed by atoms with E-state index < -0.39 is 23.6 Å². The molecule has 0 heterocycles. The van der Waals surface area contributed by atoms with Crippen molar-refractivity contribution in [2.45, 2.75) is 19.3 Å². The van der Waals surface area contributed by atoms with Gasteiger partial charge in [0.15, 0.2) is 0 Å². The molecule has 2 aromatic carbocycles. The van der Waals surface area contributed by atoms with Crippen LogP contribution in [0.15, 0.2) is 42.5 Å². The molecule has 1 N–H and O–H groups in total. The number of hydrogen-bond acceptors (Lipinski definition) is 4. The van der Waals surface area contributed by atoms with E-state index in [2.05, 4.69) is 5.32 Å². The summed E-state index contributed by atoms with van der Waals surface area (Å²) < 4.78 is 18.3. The van der Waals surface area contributed by atoms with Crippen molar-refractivity contribution in [3.8, 4) is 5.75 Å². The van der Waals surface area contributed by atoms with Crippen molar-refractivity contribution in [2.24, 2.45) is 0 Å². The van der Waals surface area contributed by atoms with Gasteiger partial charge in [0.2, 0.25) is 5.91 Å². The van der Waals surface area contributed by atoms with Crippen LogP contribution in [0.5, 0.6) is 5.75 Å². The van der Waals surface area contributed by atoms with Gasteiger partial charge in [-0.1, -0.05) is 29.8 Å². The zero-order valence-electron chi connectivity index (χ0n) is 14.3. The average molecular weight is 353 g/mol. The first-order valence-corrected chi connectivity index (χ1v) is 7.31. The predicted octanol–water partition coefficient (Wildman–Crippen LogP) is -0.991. The monoisotopic (exact) mass is 353 g/mol. The molecule has 0 aliphatic carbocycles. The topological polar surface area (TPSA) is 78.5 Å². The zero-order valence-corrected chi connectivity index (χ0v) is 16.3. The number of ether oxygens (including phenoxy) is 1. The van der Waals surface area contributed by atoms with Gasteiger partial charge in [-0.3, -0.25) is 4.79 Å². The Balaban J connectivity index is 0.00000312. The average Bonchev–Trinajstić information content (AvgIpc) is 2.52. The van der Waals surface area contributed by atoms with Gasteiger partial charge in [-0.2, -0.15) is 0 Å². The number of halogens is 1. The molecule has 5 nitrogen and oxygen atoms in total. The minimum absolute atomic E-state index is 0. The van der Waals surface area contributed by atoms with E-state index in [1.807, 2.05) is 6.92 Å². The number of carboxylic acids is 1. The number of amides is 1. The van der Waals surface area contributed by atoms with Crippen LogP contribution in [0, 0.1) is 12.7 Å². The third-order valence-electron chi connectivity index (χ3n) is 3.54. The molecule has 0 aliphatic rings. The van der Waals surface area contributed by atoms with Crippen molar-refractivity contribution in [3.05, 3.63) is 59.4 Å². The Morgan fingerprint density at radius 1 is 1.20 bits per heavy atom. The third-order valence-corrected chi connectivity index (χ3v) is 3.54. The number of carbonyl (C=O) groups is 2. The summed E-state index contributed by atoms with van der Waals surface area (Å²) in [5.41, 5.74) is 1.65. The smallest absolute Gasteiger partial charge is 0.549 e. The first-order chi connectivity index (χ1) is 11.4. The molecule has 0 radical (unpaired) electrons. The van der Waals surface area contributed by atoms with E-state index in [0.29, 0.717) is 5.56 Å². The largest absolute Gasteiger partial charge is 1.00 e. The third kappa shape index (κ3) is 6.16. The minimum atomic E-state index is -1.34. The first kappa shape index (κ1) is 21.2. The Kier molecular flexibility index (Phi) is 8.09. The summed E-state index contributed by atoms with van der Waals surface area (Å²) >= 11 is 0. The molecule has 1 amide bonds. The van der Waals surface area contributed by atoms with Crippen molar-refractivity contribution in [1.82, 2.24) is 0 Å². The molecule has 0 saturated carbocycles. The molecule has 25 heavy (non-hydrogen) atoms. The Labute approximate surface area is 167 Å². The van der Waals surface area contributed by atoms with E-state index in [1.165, 1.54) is 19.2 Å². The SMILES string of the molecule is COc1cc(F)cc(NC(=O)CC(C(=O)[O-])c2ccc(C)cc2)c1.[Na+]. The van der Waals surface area contributed by atoms with Crippen LogP contribution in [-0.2, 0) is 9.59 Å². The van der Waals surface area contributed by atoms with E-state index in [-0.39, 0.29) is 47.4 Å². The normalized spacial score (nSPS) is 11.2. The molecule has 2 rings (SSSR count). The number of anilines is 1. The number of hydrogen-bond donors (Lipinski definition) is 1. The first-order valence-electron chi connectivity index (χ1n) is 7.31.